The van der Waals surface area contributed by atoms with Gasteiger partial charge < -0.3 is 11.1 Å². The molecule has 0 aliphatic carbocycles. The number of rotatable bonds is 1. The van der Waals surface area contributed by atoms with Crippen molar-refractivity contribution >= 4 is 5.69 Å². The molecule has 0 bridgehead atoms. The summed E-state index contributed by atoms with van der Waals surface area (Å²) in [5.41, 5.74) is 5.96. The minimum atomic E-state index is -4.32. The van der Waals surface area contributed by atoms with Gasteiger partial charge >= 0.3 is 6.18 Å². The van der Waals surface area contributed by atoms with Crippen LogP contribution in [-0.4, -0.2) is 13.1 Å². The molecule has 0 fully saturated rings. The summed E-state index contributed by atoms with van der Waals surface area (Å²) in [6.45, 7) is 0.951. The van der Waals surface area contributed by atoms with Crippen molar-refractivity contribution in [3.8, 4) is 0 Å². The second-order valence-corrected chi connectivity index (χ2v) is 4.27. The number of anilines is 1. The van der Waals surface area contributed by atoms with Crippen LogP contribution in [0.5, 0.6) is 0 Å². The number of nitrogens with two attached hydrogens (primary N) is 1. The molecule has 1 aliphatic rings. The standard InChI is InChI=1S/C12H15F3N2/c13-12(14,15)10-5-1-4-9-8(7-16)3-2-6-17-11(9)10/h1,4-5,8,17H,2-3,6-7,16H2. The van der Waals surface area contributed by atoms with E-state index in [1.165, 1.54) is 6.07 Å². The van der Waals surface area contributed by atoms with Gasteiger partial charge in [-0.1, -0.05) is 12.1 Å². The third-order valence-electron chi connectivity index (χ3n) is 3.16. The van der Waals surface area contributed by atoms with E-state index in [2.05, 4.69) is 5.32 Å². The van der Waals surface area contributed by atoms with E-state index in [9.17, 15) is 13.2 Å². The molecule has 1 aliphatic heterocycles. The molecule has 1 unspecified atom stereocenters. The van der Waals surface area contributed by atoms with Crippen LogP contribution in [0.25, 0.3) is 0 Å². The van der Waals surface area contributed by atoms with Gasteiger partial charge in [0.1, 0.15) is 0 Å². The van der Waals surface area contributed by atoms with E-state index in [1.807, 2.05) is 0 Å². The van der Waals surface area contributed by atoms with Crippen LogP contribution < -0.4 is 11.1 Å². The zero-order chi connectivity index (χ0) is 12.5. The minimum Gasteiger partial charge on any atom is -0.384 e. The normalized spacial score (nSPS) is 20.4. The number of para-hydroxylation sites is 1. The molecular weight excluding hydrogens is 229 g/mol. The molecule has 1 heterocycles. The molecule has 2 nitrogen and oxygen atoms in total. The zero-order valence-electron chi connectivity index (χ0n) is 9.35. The Kier molecular flexibility index (Phi) is 3.28. The van der Waals surface area contributed by atoms with Gasteiger partial charge in [0.25, 0.3) is 0 Å². The third kappa shape index (κ3) is 2.39. The third-order valence-corrected chi connectivity index (χ3v) is 3.16. The van der Waals surface area contributed by atoms with E-state index in [1.54, 1.807) is 6.07 Å². The first-order valence-electron chi connectivity index (χ1n) is 5.68. The van der Waals surface area contributed by atoms with Gasteiger partial charge in [0.15, 0.2) is 0 Å². The molecular formula is C12H15F3N2. The molecule has 94 valence electrons. The summed E-state index contributed by atoms with van der Waals surface area (Å²) < 4.78 is 38.6. The Bertz CT molecular complexity index is 401. The predicted molar refractivity (Wildman–Crippen MR) is 61.0 cm³/mol. The second kappa shape index (κ2) is 4.56. The maximum Gasteiger partial charge on any atom is 0.418 e. The van der Waals surface area contributed by atoms with E-state index in [-0.39, 0.29) is 11.6 Å². The predicted octanol–water partition coefficient (Wildman–Crippen LogP) is 2.95. The highest BCUT2D eigenvalue weighted by Crippen LogP contribution is 2.40. The highest BCUT2D eigenvalue weighted by atomic mass is 19.4. The summed E-state index contributed by atoms with van der Waals surface area (Å²) in [5.74, 6) is 0.0160. The van der Waals surface area contributed by atoms with Crippen molar-refractivity contribution in [2.75, 3.05) is 18.4 Å². The van der Waals surface area contributed by atoms with Gasteiger partial charge in [0, 0.05) is 12.2 Å². The largest absolute Gasteiger partial charge is 0.418 e. The Balaban J connectivity index is 2.52. The Morgan fingerprint density at radius 1 is 1.35 bits per heavy atom. The van der Waals surface area contributed by atoms with Gasteiger partial charge in [-0.2, -0.15) is 13.2 Å². The molecule has 1 atom stereocenters. The van der Waals surface area contributed by atoms with Gasteiger partial charge in [0.2, 0.25) is 0 Å². The van der Waals surface area contributed by atoms with Crippen LogP contribution in [-0.2, 0) is 6.18 Å². The van der Waals surface area contributed by atoms with Crippen molar-refractivity contribution in [2.24, 2.45) is 5.73 Å². The van der Waals surface area contributed by atoms with Crippen LogP contribution in [0.2, 0.25) is 0 Å². The monoisotopic (exact) mass is 244 g/mol. The maximum absolute atomic E-state index is 12.9. The number of hydrogen-bond acceptors (Lipinski definition) is 2. The summed E-state index contributed by atoms with van der Waals surface area (Å²) in [7, 11) is 0. The van der Waals surface area contributed by atoms with E-state index in [0.29, 0.717) is 18.7 Å². The number of nitrogens with one attached hydrogen (secondary N) is 1. The Morgan fingerprint density at radius 3 is 2.76 bits per heavy atom. The van der Waals surface area contributed by atoms with E-state index in [0.717, 1.165) is 18.9 Å². The fourth-order valence-corrected chi connectivity index (χ4v) is 2.31. The summed E-state index contributed by atoms with van der Waals surface area (Å²) in [4.78, 5) is 0. The Morgan fingerprint density at radius 2 is 2.12 bits per heavy atom. The lowest BCUT2D eigenvalue weighted by Crippen LogP contribution is -2.15. The lowest BCUT2D eigenvalue weighted by molar-refractivity contribution is -0.137. The van der Waals surface area contributed by atoms with Gasteiger partial charge in [-0.25, -0.2) is 0 Å². The highest BCUT2D eigenvalue weighted by molar-refractivity contribution is 5.61. The molecule has 0 amide bonds. The van der Waals surface area contributed by atoms with Crippen molar-refractivity contribution in [3.63, 3.8) is 0 Å². The first-order valence-corrected chi connectivity index (χ1v) is 5.68. The van der Waals surface area contributed by atoms with Crippen LogP contribution in [0.3, 0.4) is 0 Å². The summed E-state index contributed by atoms with van der Waals surface area (Å²) >= 11 is 0. The zero-order valence-corrected chi connectivity index (χ0v) is 9.35. The first-order chi connectivity index (χ1) is 8.04. The minimum absolute atomic E-state index is 0.0160. The number of alkyl halides is 3. The number of benzene rings is 1. The molecule has 0 aromatic heterocycles. The van der Waals surface area contributed by atoms with Gasteiger partial charge in [-0.15, -0.1) is 0 Å². The molecule has 1 aromatic carbocycles. The van der Waals surface area contributed by atoms with Crippen LogP contribution in [0.15, 0.2) is 18.2 Å². The van der Waals surface area contributed by atoms with Crippen LogP contribution in [0.1, 0.15) is 29.9 Å². The first kappa shape index (κ1) is 12.2. The lowest BCUT2D eigenvalue weighted by atomic mass is 9.92. The molecule has 5 heteroatoms. The Labute approximate surface area is 98.0 Å². The van der Waals surface area contributed by atoms with E-state index < -0.39 is 11.7 Å². The molecule has 0 spiro atoms. The van der Waals surface area contributed by atoms with E-state index >= 15 is 0 Å². The molecule has 17 heavy (non-hydrogen) atoms. The van der Waals surface area contributed by atoms with Crippen LogP contribution in [0, 0.1) is 0 Å². The second-order valence-electron chi connectivity index (χ2n) is 4.27. The van der Waals surface area contributed by atoms with Crippen LogP contribution >= 0.6 is 0 Å². The average Bonchev–Trinajstić information content (AvgIpc) is 2.48. The van der Waals surface area contributed by atoms with Crippen molar-refractivity contribution in [1.29, 1.82) is 0 Å². The van der Waals surface area contributed by atoms with Gasteiger partial charge in [0.05, 0.1) is 5.56 Å². The molecule has 0 saturated carbocycles. The average molecular weight is 244 g/mol. The number of hydrogen-bond donors (Lipinski definition) is 2. The summed E-state index contributed by atoms with van der Waals surface area (Å²) in [5, 5.41) is 2.89. The van der Waals surface area contributed by atoms with Crippen molar-refractivity contribution in [1.82, 2.24) is 0 Å². The quantitative estimate of drug-likeness (QED) is 0.797. The molecule has 3 N–H and O–H groups in total. The Hall–Kier alpha value is -1.23. The van der Waals surface area contributed by atoms with Crippen LogP contribution in [0.4, 0.5) is 18.9 Å². The van der Waals surface area contributed by atoms with Gasteiger partial charge in [-0.05, 0) is 36.9 Å². The van der Waals surface area contributed by atoms with Crippen molar-refractivity contribution in [3.05, 3.63) is 29.3 Å². The van der Waals surface area contributed by atoms with Crippen molar-refractivity contribution < 1.29 is 13.2 Å². The molecule has 0 saturated heterocycles. The lowest BCUT2D eigenvalue weighted by Gasteiger charge is -2.19. The maximum atomic E-state index is 12.9. The van der Waals surface area contributed by atoms with E-state index in [4.69, 9.17) is 5.73 Å². The fraction of sp³-hybridized carbons (Fsp3) is 0.500. The summed E-state index contributed by atoms with van der Waals surface area (Å²) in [6, 6.07) is 4.31. The SMILES string of the molecule is NCC1CCCNc2c1cccc2C(F)(F)F. The number of halogens is 3. The summed E-state index contributed by atoms with van der Waals surface area (Å²) in [6.07, 6.45) is -2.65. The van der Waals surface area contributed by atoms with Crippen molar-refractivity contribution in [2.45, 2.75) is 24.9 Å². The number of fused-ring (bicyclic) bond motifs is 1. The smallest absolute Gasteiger partial charge is 0.384 e. The molecule has 0 radical (unpaired) electrons. The topological polar surface area (TPSA) is 38.0 Å². The molecule has 1 aromatic rings. The van der Waals surface area contributed by atoms with Gasteiger partial charge in [-0.3, -0.25) is 0 Å². The fourth-order valence-electron chi connectivity index (χ4n) is 2.31. The highest BCUT2D eigenvalue weighted by Gasteiger charge is 2.35. The molecule has 2 rings (SSSR count).